The van der Waals surface area contributed by atoms with Crippen molar-refractivity contribution in [2.45, 2.75) is 18.9 Å². The number of carbonyl (C=O) groups excluding carboxylic acids is 1. The number of morpholine rings is 1. The van der Waals surface area contributed by atoms with Gasteiger partial charge >= 0.3 is 5.97 Å². The minimum absolute atomic E-state index is 0.0424. The molecule has 1 aromatic heterocycles. The normalized spacial score (nSPS) is 18.1. The first-order chi connectivity index (χ1) is 12.3. The number of sulfonamides is 1. The first-order valence-corrected chi connectivity index (χ1v) is 10.1. The van der Waals surface area contributed by atoms with Crippen LogP contribution < -0.4 is 0 Å². The molecule has 26 heavy (non-hydrogen) atoms. The maximum Gasteiger partial charge on any atom is 0.318 e. The molecule has 1 amide bonds. The summed E-state index contributed by atoms with van der Waals surface area (Å²) in [5.74, 6) is -1.28. The third-order valence-corrected chi connectivity index (χ3v) is 5.27. The number of hydrogen-bond donors (Lipinski definition) is 1. The van der Waals surface area contributed by atoms with Crippen LogP contribution in [-0.4, -0.2) is 84.7 Å². The molecule has 2 heterocycles. The number of ether oxygens (including phenoxy) is 1. The molecule has 9 nitrogen and oxygen atoms in total. The van der Waals surface area contributed by atoms with E-state index in [4.69, 9.17) is 9.84 Å². The smallest absolute Gasteiger partial charge is 0.318 e. The topological polar surface area (TPSA) is 117 Å². The Labute approximate surface area is 152 Å². The SMILES string of the molecule is CS(=O)(=O)N(CC(=O)O)CC1CN(C(=O)CCc2ccncc2)CCO1. The lowest BCUT2D eigenvalue weighted by Crippen LogP contribution is -2.51. The first kappa shape index (κ1) is 20.3. The molecule has 2 rings (SSSR count). The molecular formula is C16H23N3O6S. The zero-order valence-corrected chi connectivity index (χ0v) is 15.4. The zero-order chi connectivity index (χ0) is 19.2. The van der Waals surface area contributed by atoms with Crippen LogP contribution in [0.25, 0.3) is 0 Å². The average molecular weight is 385 g/mol. The molecule has 0 aliphatic carbocycles. The van der Waals surface area contributed by atoms with E-state index in [2.05, 4.69) is 4.98 Å². The number of pyridine rings is 1. The van der Waals surface area contributed by atoms with Gasteiger partial charge in [-0.25, -0.2) is 8.42 Å². The Morgan fingerprint density at radius 2 is 2.08 bits per heavy atom. The maximum atomic E-state index is 12.4. The van der Waals surface area contributed by atoms with E-state index in [1.54, 1.807) is 17.3 Å². The van der Waals surface area contributed by atoms with E-state index >= 15 is 0 Å². The van der Waals surface area contributed by atoms with Crippen molar-refractivity contribution in [2.75, 3.05) is 39.0 Å². The van der Waals surface area contributed by atoms with Crippen molar-refractivity contribution in [3.63, 3.8) is 0 Å². The fraction of sp³-hybridized carbons (Fsp3) is 0.562. The molecule has 1 unspecified atom stereocenters. The van der Waals surface area contributed by atoms with E-state index in [1.165, 1.54) is 0 Å². The molecule has 1 aromatic rings. The molecule has 1 fully saturated rings. The molecule has 0 spiro atoms. The van der Waals surface area contributed by atoms with Crippen LogP contribution in [0.1, 0.15) is 12.0 Å². The van der Waals surface area contributed by atoms with Crippen LogP contribution in [0.3, 0.4) is 0 Å². The van der Waals surface area contributed by atoms with Gasteiger partial charge in [0.1, 0.15) is 6.54 Å². The van der Waals surface area contributed by atoms with Gasteiger partial charge in [0.25, 0.3) is 0 Å². The van der Waals surface area contributed by atoms with E-state index in [1.807, 2.05) is 12.1 Å². The van der Waals surface area contributed by atoms with Crippen LogP contribution in [0.15, 0.2) is 24.5 Å². The molecule has 10 heteroatoms. The van der Waals surface area contributed by atoms with Gasteiger partial charge in [0.05, 0.1) is 19.0 Å². The van der Waals surface area contributed by atoms with E-state index in [0.717, 1.165) is 16.1 Å². The van der Waals surface area contributed by atoms with Crippen molar-refractivity contribution < 1.29 is 27.9 Å². The summed E-state index contributed by atoms with van der Waals surface area (Å²) in [6.07, 6.45) is 4.68. The van der Waals surface area contributed by atoms with Gasteiger partial charge in [-0.2, -0.15) is 4.31 Å². The third-order valence-electron chi connectivity index (χ3n) is 4.06. The Morgan fingerprint density at radius 3 is 2.69 bits per heavy atom. The van der Waals surface area contributed by atoms with Gasteiger partial charge in [-0.1, -0.05) is 0 Å². The van der Waals surface area contributed by atoms with E-state index < -0.39 is 28.6 Å². The maximum absolute atomic E-state index is 12.4. The minimum atomic E-state index is -3.68. The van der Waals surface area contributed by atoms with Gasteiger partial charge < -0.3 is 14.7 Å². The number of hydrogen-bond acceptors (Lipinski definition) is 6. The molecule has 0 radical (unpaired) electrons. The second-order valence-corrected chi connectivity index (χ2v) is 8.12. The number of nitrogens with zero attached hydrogens (tertiary/aromatic N) is 3. The Hall–Kier alpha value is -2.04. The highest BCUT2D eigenvalue weighted by atomic mass is 32.2. The van der Waals surface area contributed by atoms with E-state index in [-0.39, 0.29) is 25.6 Å². The lowest BCUT2D eigenvalue weighted by Gasteiger charge is -2.35. The third kappa shape index (κ3) is 6.36. The summed E-state index contributed by atoms with van der Waals surface area (Å²) >= 11 is 0. The second-order valence-electron chi connectivity index (χ2n) is 6.14. The van der Waals surface area contributed by atoms with Crippen molar-refractivity contribution in [3.8, 4) is 0 Å². The summed E-state index contributed by atoms with van der Waals surface area (Å²) in [6, 6.07) is 3.70. The minimum Gasteiger partial charge on any atom is -0.480 e. The molecule has 1 atom stereocenters. The summed E-state index contributed by atoms with van der Waals surface area (Å²) in [7, 11) is -3.68. The molecular weight excluding hydrogens is 362 g/mol. The highest BCUT2D eigenvalue weighted by Gasteiger charge is 2.29. The van der Waals surface area contributed by atoms with Crippen LogP contribution in [-0.2, 0) is 30.8 Å². The summed E-state index contributed by atoms with van der Waals surface area (Å²) in [4.78, 5) is 28.8. The average Bonchev–Trinajstić information content (AvgIpc) is 2.59. The summed E-state index contributed by atoms with van der Waals surface area (Å²) in [5, 5.41) is 8.88. The van der Waals surface area contributed by atoms with Gasteiger partial charge in [0.15, 0.2) is 0 Å². The van der Waals surface area contributed by atoms with Gasteiger partial charge in [-0.15, -0.1) is 0 Å². The number of aromatic nitrogens is 1. The standard InChI is InChI=1S/C16H23N3O6S/c1-26(23,24)19(12-16(21)22)11-14-10-18(8-9-25-14)15(20)3-2-13-4-6-17-7-5-13/h4-7,14H,2-3,8-12H2,1H3,(H,21,22). The fourth-order valence-electron chi connectivity index (χ4n) is 2.71. The molecule has 1 saturated heterocycles. The Morgan fingerprint density at radius 1 is 1.38 bits per heavy atom. The van der Waals surface area contributed by atoms with Crippen LogP contribution in [0.2, 0.25) is 0 Å². The van der Waals surface area contributed by atoms with Gasteiger partial charge in [-0.05, 0) is 24.1 Å². The van der Waals surface area contributed by atoms with Crippen LogP contribution >= 0.6 is 0 Å². The number of carboxylic acid groups (broad SMARTS) is 1. The Bertz CT molecular complexity index is 725. The quantitative estimate of drug-likeness (QED) is 0.646. The molecule has 1 aliphatic rings. The predicted octanol–water partition coefficient (Wildman–Crippen LogP) is -0.412. The summed E-state index contributed by atoms with van der Waals surface area (Å²) in [6.45, 7) is 0.231. The Balaban J connectivity index is 1.90. The molecule has 0 saturated carbocycles. The number of carbonyl (C=O) groups is 2. The largest absolute Gasteiger partial charge is 0.480 e. The van der Waals surface area contributed by atoms with Gasteiger partial charge in [-0.3, -0.25) is 14.6 Å². The fourth-order valence-corrected chi connectivity index (χ4v) is 3.49. The Kier molecular flexibility index (Phi) is 7.06. The van der Waals surface area contributed by atoms with Crippen LogP contribution in [0, 0.1) is 0 Å². The molecule has 1 N–H and O–H groups in total. The number of amides is 1. The second kappa shape index (κ2) is 9.06. The summed E-state index contributed by atoms with van der Waals surface area (Å²) in [5.41, 5.74) is 1.02. The number of aryl methyl sites for hydroxylation is 1. The molecule has 1 aliphatic heterocycles. The van der Waals surface area contributed by atoms with Crippen LogP contribution in [0.4, 0.5) is 0 Å². The zero-order valence-electron chi connectivity index (χ0n) is 14.6. The van der Waals surface area contributed by atoms with Crippen molar-refractivity contribution in [2.24, 2.45) is 0 Å². The number of carboxylic acids is 1. The summed E-state index contributed by atoms with van der Waals surface area (Å²) < 4.78 is 29.9. The van der Waals surface area contributed by atoms with Gasteiger partial charge in [0.2, 0.25) is 15.9 Å². The molecule has 0 aromatic carbocycles. The highest BCUT2D eigenvalue weighted by molar-refractivity contribution is 7.88. The lowest BCUT2D eigenvalue weighted by atomic mass is 10.1. The predicted molar refractivity (Wildman–Crippen MR) is 92.9 cm³/mol. The van der Waals surface area contributed by atoms with Crippen LogP contribution in [0.5, 0.6) is 0 Å². The molecule has 0 bridgehead atoms. The van der Waals surface area contributed by atoms with Crippen molar-refractivity contribution >= 4 is 21.9 Å². The first-order valence-electron chi connectivity index (χ1n) is 8.21. The number of rotatable bonds is 8. The monoisotopic (exact) mass is 385 g/mol. The molecule has 144 valence electrons. The van der Waals surface area contributed by atoms with Crippen molar-refractivity contribution in [3.05, 3.63) is 30.1 Å². The lowest BCUT2D eigenvalue weighted by molar-refractivity contribution is -0.141. The van der Waals surface area contributed by atoms with Crippen molar-refractivity contribution in [1.29, 1.82) is 0 Å². The van der Waals surface area contributed by atoms with Crippen molar-refractivity contribution in [1.82, 2.24) is 14.2 Å². The van der Waals surface area contributed by atoms with E-state index in [9.17, 15) is 18.0 Å². The van der Waals surface area contributed by atoms with Gasteiger partial charge in [0, 0.05) is 38.4 Å². The highest BCUT2D eigenvalue weighted by Crippen LogP contribution is 2.12. The van der Waals surface area contributed by atoms with E-state index in [0.29, 0.717) is 19.4 Å². The number of aliphatic carboxylic acids is 1.